The van der Waals surface area contributed by atoms with Gasteiger partial charge in [-0.25, -0.2) is 0 Å². The molecular formula is C12H18N2. The lowest BCUT2D eigenvalue weighted by Crippen LogP contribution is -2.26. The van der Waals surface area contributed by atoms with Gasteiger partial charge in [0.15, 0.2) is 0 Å². The summed E-state index contributed by atoms with van der Waals surface area (Å²) in [6, 6.07) is 9.14. The van der Waals surface area contributed by atoms with Crippen LogP contribution in [0.4, 0.5) is 5.69 Å². The lowest BCUT2D eigenvalue weighted by molar-refractivity contribution is 0.464. The van der Waals surface area contributed by atoms with E-state index in [9.17, 15) is 0 Å². The third kappa shape index (κ3) is 1.75. The average molecular weight is 190 g/mol. The predicted molar refractivity (Wildman–Crippen MR) is 60.4 cm³/mol. The van der Waals surface area contributed by atoms with E-state index in [-0.39, 0.29) is 0 Å². The fraction of sp³-hybridized carbons (Fsp3) is 0.500. The van der Waals surface area contributed by atoms with Gasteiger partial charge in [0.05, 0.1) is 0 Å². The van der Waals surface area contributed by atoms with Crippen LogP contribution in [0.2, 0.25) is 0 Å². The minimum absolute atomic E-state index is 0.580. The summed E-state index contributed by atoms with van der Waals surface area (Å²) in [4.78, 5) is 0. The number of hydrogen-bond acceptors (Lipinski definition) is 2. The number of nitrogens with one attached hydrogen (secondary N) is 1. The Morgan fingerprint density at radius 3 is 3.00 bits per heavy atom. The van der Waals surface area contributed by atoms with Crippen LogP contribution in [-0.2, 0) is 6.42 Å². The van der Waals surface area contributed by atoms with E-state index in [1.54, 1.807) is 0 Å². The molecule has 1 aromatic carbocycles. The molecule has 1 heterocycles. The minimum atomic E-state index is 0.580. The Morgan fingerprint density at radius 2 is 2.29 bits per heavy atom. The summed E-state index contributed by atoms with van der Waals surface area (Å²) in [6.07, 6.45) is 2.25. The molecule has 2 rings (SSSR count). The second-order valence-corrected chi connectivity index (χ2v) is 4.17. The zero-order chi connectivity index (χ0) is 9.97. The van der Waals surface area contributed by atoms with E-state index >= 15 is 0 Å². The SMILES string of the molecule is CC(CCN)C1Cc2ccccc2N1. The first-order chi connectivity index (χ1) is 6.81. The lowest BCUT2D eigenvalue weighted by atomic mass is 9.96. The Morgan fingerprint density at radius 1 is 1.50 bits per heavy atom. The number of hydrogen-bond donors (Lipinski definition) is 2. The predicted octanol–water partition coefficient (Wildman–Crippen LogP) is 2.01. The summed E-state index contributed by atoms with van der Waals surface area (Å²) in [6.45, 7) is 3.06. The molecule has 3 N–H and O–H groups in total. The van der Waals surface area contributed by atoms with Gasteiger partial charge in [-0.15, -0.1) is 0 Å². The molecule has 0 spiro atoms. The molecule has 1 aliphatic rings. The van der Waals surface area contributed by atoms with Crippen molar-refractivity contribution in [2.24, 2.45) is 11.7 Å². The molecule has 1 aromatic rings. The van der Waals surface area contributed by atoms with Gasteiger partial charge in [-0.2, -0.15) is 0 Å². The van der Waals surface area contributed by atoms with Gasteiger partial charge in [0.2, 0.25) is 0 Å². The molecule has 0 bridgehead atoms. The number of para-hydroxylation sites is 1. The van der Waals surface area contributed by atoms with Crippen LogP contribution in [-0.4, -0.2) is 12.6 Å². The Bertz CT molecular complexity index is 284. The highest BCUT2D eigenvalue weighted by Crippen LogP contribution is 2.29. The molecule has 2 atom stereocenters. The molecular weight excluding hydrogens is 172 g/mol. The molecule has 14 heavy (non-hydrogen) atoms. The van der Waals surface area contributed by atoms with E-state index in [4.69, 9.17) is 5.73 Å². The van der Waals surface area contributed by atoms with Crippen molar-refractivity contribution in [3.8, 4) is 0 Å². The highest BCUT2D eigenvalue weighted by atomic mass is 15.0. The normalized spacial score (nSPS) is 21.4. The van der Waals surface area contributed by atoms with Crippen LogP contribution >= 0.6 is 0 Å². The van der Waals surface area contributed by atoms with E-state index in [0.29, 0.717) is 12.0 Å². The van der Waals surface area contributed by atoms with Crippen LogP contribution in [0.25, 0.3) is 0 Å². The molecule has 2 unspecified atom stereocenters. The minimum Gasteiger partial charge on any atom is -0.381 e. The third-order valence-electron chi connectivity index (χ3n) is 3.11. The Labute approximate surface area is 85.5 Å². The smallest absolute Gasteiger partial charge is 0.0375 e. The summed E-state index contributed by atoms with van der Waals surface area (Å²) in [7, 11) is 0. The van der Waals surface area contributed by atoms with Crippen molar-refractivity contribution in [2.75, 3.05) is 11.9 Å². The van der Waals surface area contributed by atoms with Crippen LogP contribution in [0.15, 0.2) is 24.3 Å². The van der Waals surface area contributed by atoms with Gasteiger partial charge in [0.25, 0.3) is 0 Å². The number of nitrogens with two attached hydrogens (primary N) is 1. The molecule has 0 aliphatic carbocycles. The number of anilines is 1. The number of fused-ring (bicyclic) bond motifs is 1. The summed E-state index contributed by atoms with van der Waals surface area (Å²) in [5.41, 5.74) is 8.33. The van der Waals surface area contributed by atoms with Crippen molar-refractivity contribution in [2.45, 2.75) is 25.8 Å². The Kier molecular flexibility index (Phi) is 2.73. The van der Waals surface area contributed by atoms with Gasteiger partial charge in [-0.3, -0.25) is 0 Å². The number of rotatable bonds is 3. The van der Waals surface area contributed by atoms with Crippen LogP contribution < -0.4 is 11.1 Å². The molecule has 2 heteroatoms. The Hall–Kier alpha value is -1.02. The first-order valence-corrected chi connectivity index (χ1v) is 5.36. The van der Waals surface area contributed by atoms with Crippen molar-refractivity contribution >= 4 is 5.69 Å². The van der Waals surface area contributed by atoms with Gasteiger partial charge < -0.3 is 11.1 Å². The van der Waals surface area contributed by atoms with Gasteiger partial charge in [0, 0.05) is 11.7 Å². The summed E-state index contributed by atoms with van der Waals surface area (Å²) in [5, 5.41) is 3.56. The molecule has 0 radical (unpaired) electrons. The van der Waals surface area contributed by atoms with Crippen LogP contribution in [0.5, 0.6) is 0 Å². The van der Waals surface area contributed by atoms with Gasteiger partial charge in [-0.1, -0.05) is 25.1 Å². The largest absolute Gasteiger partial charge is 0.381 e. The monoisotopic (exact) mass is 190 g/mol. The molecule has 0 amide bonds. The fourth-order valence-corrected chi connectivity index (χ4v) is 2.13. The van der Waals surface area contributed by atoms with Crippen molar-refractivity contribution < 1.29 is 0 Å². The number of benzene rings is 1. The maximum atomic E-state index is 5.57. The highest BCUT2D eigenvalue weighted by molar-refractivity contribution is 5.56. The van der Waals surface area contributed by atoms with E-state index in [0.717, 1.165) is 19.4 Å². The van der Waals surface area contributed by atoms with E-state index in [2.05, 4.69) is 36.5 Å². The second kappa shape index (κ2) is 4.01. The molecule has 2 nitrogen and oxygen atoms in total. The quantitative estimate of drug-likeness (QED) is 0.765. The zero-order valence-corrected chi connectivity index (χ0v) is 8.66. The second-order valence-electron chi connectivity index (χ2n) is 4.17. The van der Waals surface area contributed by atoms with Crippen molar-refractivity contribution in [1.29, 1.82) is 0 Å². The van der Waals surface area contributed by atoms with Crippen molar-refractivity contribution in [3.05, 3.63) is 29.8 Å². The maximum absolute atomic E-state index is 5.57. The summed E-state index contributed by atoms with van der Waals surface area (Å²) in [5.74, 6) is 0.660. The zero-order valence-electron chi connectivity index (χ0n) is 8.66. The molecule has 0 aromatic heterocycles. The molecule has 76 valence electrons. The van der Waals surface area contributed by atoms with E-state index in [1.807, 2.05) is 0 Å². The maximum Gasteiger partial charge on any atom is 0.0375 e. The van der Waals surface area contributed by atoms with Gasteiger partial charge in [0.1, 0.15) is 0 Å². The van der Waals surface area contributed by atoms with Crippen LogP contribution in [0.3, 0.4) is 0 Å². The van der Waals surface area contributed by atoms with E-state index < -0.39 is 0 Å². The summed E-state index contributed by atoms with van der Waals surface area (Å²) < 4.78 is 0. The summed E-state index contributed by atoms with van der Waals surface area (Å²) >= 11 is 0. The van der Waals surface area contributed by atoms with Crippen molar-refractivity contribution in [3.63, 3.8) is 0 Å². The first kappa shape index (κ1) is 9.53. The molecule has 0 fully saturated rings. The highest BCUT2D eigenvalue weighted by Gasteiger charge is 2.24. The van der Waals surface area contributed by atoms with Crippen LogP contribution in [0.1, 0.15) is 18.9 Å². The molecule has 0 saturated heterocycles. The van der Waals surface area contributed by atoms with Gasteiger partial charge >= 0.3 is 0 Å². The third-order valence-corrected chi connectivity index (χ3v) is 3.11. The Balaban J connectivity index is 2.04. The van der Waals surface area contributed by atoms with Gasteiger partial charge in [-0.05, 0) is 36.9 Å². The van der Waals surface area contributed by atoms with E-state index in [1.165, 1.54) is 11.3 Å². The standard InChI is InChI=1S/C12H18N2/c1-9(6-7-13)12-8-10-4-2-3-5-11(10)14-12/h2-5,9,12,14H,6-8,13H2,1H3. The first-order valence-electron chi connectivity index (χ1n) is 5.36. The lowest BCUT2D eigenvalue weighted by Gasteiger charge is -2.19. The molecule has 1 aliphatic heterocycles. The van der Waals surface area contributed by atoms with Crippen molar-refractivity contribution in [1.82, 2.24) is 0 Å². The topological polar surface area (TPSA) is 38.0 Å². The van der Waals surface area contributed by atoms with Crippen LogP contribution in [0, 0.1) is 5.92 Å². The fourth-order valence-electron chi connectivity index (χ4n) is 2.13. The average Bonchev–Trinajstić information content (AvgIpc) is 2.61. The molecule has 0 saturated carbocycles.